The van der Waals surface area contributed by atoms with Crippen LogP contribution in [0.25, 0.3) is 0 Å². The van der Waals surface area contributed by atoms with Crippen LogP contribution in [0.1, 0.15) is 13.3 Å². The summed E-state index contributed by atoms with van der Waals surface area (Å²) >= 11 is 6.18. The van der Waals surface area contributed by atoms with Gasteiger partial charge in [0.2, 0.25) is 0 Å². The normalized spacial score (nSPS) is 58.8. The van der Waals surface area contributed by atoms with Crippen LogP contribution in [0.15, 0.2) is 0 Å². The molecule has 0 N–H and O–H groups in total. The highest BCUT2D eigenvalue weighted by atomic mass is 35.5. The van der Waals surface area contributed by atoms with Crippen LogP contribution in [0, 0.1) is 23.7 Å². The summed E-state index contributed by atoms with van der Waals surface area (Å²) in [7, 11) is 0. The third-order valence-electron chi connectivity index (χ3n) is 3.72. The maximum Gasteiger partial charge on any atom is 0.302 e. The molecule has 4 aliphatic rings. The average Bonchev–Trinajstić information content (AvgIpc) is 2.34. The van der Waals surface area contributed by atoms with Crippen LogP contribution in [0.3, 0.4) is 0 Å². The fourth-order valence-corrected chi connectivity index (χ4v) is 3.94. The highest BCUT2D eigenvalue weighted by Gasteiger charge is 2.74. The highest BCUT2D eigenvalue weighted by molar-refractivity contribution is 6.21. The number of carbonyl (C=O) groups is 1. The van der Waals surface area contributed by atoms with Crippen molar-refractivity contribution in [3.05, 3.63) is 0 Å². The molecule has 0 aromatic carbocycles. The van der Waals surface area contributed by atoms with Crippen molar-refractivity contribution in [2.75, 3.05) is 0 Å². The zero-order valence-electron chi connectivity index (χ0n) is 6.87. The fraction of sp³-hybridized carbons (Fsp3) is 0.889. The van der Waals surface area contributed by atoms with Crippen molar-refractivity contribution in [1.82, 2.24) is 0 Å². The van der Waals surface area contributed by atoms with Crippen LogP contribution < -0.4 is 0 Å². The second-order valence-corrected chi connectivity index (χ2v) is 4.74. The largest absolute Gasteiger partial charge is 0.462 e. The van der Waals surface area contributed by atoms with Crippen molar-refractivity contribution >= 4 is 17.6 Å². The molecule has 6 atom stereocenters. The van der Waals surface area contributed by atoms with Gasteiger partial charge in [-0.05, 0) is 18.3 Å². The standard InChI is InChI=1S/C9H11ClO2/c1-3(11)12-9-5-2-4-6(7(4)9)8(5)10/h4-9H,2H2,1H3/t4-,5+,6?,7?,8+,9+/m1/s1. The molecule has 2 nitrogen and oxygen atoms in total. The molecule has 4 saturated carbocycles. The summed E-state index contributed by atoms with van der Waals surface area (Å²) in [5.74, 6) is 2.42. The molecular weight excluding hydrogens is 176 g/mol. The molecule has 66 valence electrons. The Morgan fingerprint density at radius 1 is 1.42 bits per heavy atom. The number of carbonyl (C=O) groups excluding carboxylic acids is 1. The van der Waals surface area contributed by atoms with Gasteiger partial charge in [0.05, 0.1) is 0 Å². The Kier molecular flexibility index (Phi) is 1.19. The smallest absolute Gasteiger partial charge is 0.302 e. The first kappa shape index (κ1) is 7.19. The maximum absolute atomic E-state index is 10.8. The summed E-state index contributed by atoms with van der Waals surface area (Å²) < 4.78 is 5.27. The minimum absolute atomic E-state index is 0.151. The number of hydrogen-bond donors (Lipinski definition) is 0. The van der Waals surface area contributed by atoms with Gasteiger partial charge in [-0.15, -0.1) is 11.6 Å². The molecule has 4 bridgehead atoms. The van der Waals surface area contributed by atoms with E-state index in [0.29, 0.717) is 23.1 Å². The van der Waals surface area contributed by atoms with Gasteiger partial charge < -0.3 is 4.74 Å². The monoisotopic (exact) mass is 186 g/mol. The zero-order chi connectivity index (χ0) is 8.46. The molecular formula is C9H11ClO2. The van der Waals surface area contributed by atoms with Crippen LogP contribution in [-0.4, -0.2) is 17.5 Å². The maximum atomic E-state index is 10.8. The van der Waals surface area contributed by atoms with Gasteiger partial charge in [-0.25, -0.2) is 0 Å². The lowest BCUT2D eigenvalue weighted by Gasteiger charge is -2.16. The van der Waals surface area contributed by atoms with Gasteiger partial charge in [-0.3, -0.25) is 4.79 Å². The van der Waals surface area contributed by atoms with Crippen molar-refractivity contribution in [3.8, 4) is 0 Å². The van der Waals surface area contributed by atoms with Gasteiger partial charge in [-0.2, -0.15) is 0 Å². The molecule has 0 aromatic rings. The Balaban J connectivity index is 1.80. The zero-order valence-corrected chi connectivity index (χ0v) is 7.62. The van der Waals surface area contributed by atoms with Gasteiger partial charge >= 0.3 is 5.97 Å². The molecule has 0 aromatic heterocycles. The van der Waals surface area contributed by atoms with E-state index in [2.05, 4.69) is 0 Å². The second-order valence-electron chi connectivity index (χ2n) is 4.24. The lowest BCUT2D eigenvalue weighted by atomic mass is 10.1. The SMILES string of the molecule is CC(=O)O[C@@H]1C2C3[C@H]2C[C@H]1[C@@H]3Cl. The molecule has 0 aliphatic heterocycles. The number of alkyl halides is 1. The molecule has 0 spiro atoms. The second kappa shape index (κ2) is 1.98. The summed E-state index contributed by atoms with van der Waals surface area (Å²) in [6.07, 6.45) is 1.36. The van der Waals surface area contributed by atoms with Crippen LogP contribution in [0.2, 0.25) is 0 Å². The fourth-order valence-electron chi connectivity index (χ4n) is 3.34. The molecule has 0 heterocycles. The molecule has 0 saturated heterocycles. The third kappa shape index (κ3) is 0.657. The number of hydrogen-bond acceptors (Lipinski definition) is 2. The summed E-state index contributed by atoms with van der Waals surface area (Å²) in [4.78, 5) is 10.8. The highest BCUT2D eigenvalue weighted by Crippen LogP contribution is 2.72. The van der Waals surface area contributed by atoms with Crippen molar-refractivity contribution < 1.29 is 9.53 Å². The number of ether oxygens (including phenoxy) is 1. The summed E-state index contributed by atoms with van der Waals surface area (Å²) in [6.45, 7) is 1.48. The van der Waals surface area contributed by atoms with E-state index in [-0.39, 0.29) is 12.1 Å². The van der Waals surface area contributed by atoms with Crippen molar-refractivity contribution in [1.29, 1.82) is 0 Å². The predicted octanol–water partition coefficient (Wildman–Crippen LogP) is 1.42. The molecule has 12 heavy (non-hydrogen) atoms. The lowest BCUT2D eigenvalue weighted by Crippen LogP contribution is -2.22. The van der Waals surface area contributed by atoms with E-state index >= 15 is 0 Å². The molecule has 2 unspecified atom stereocenters. The van der Waals surface area contributed by atoms with Gasteiger partial charge in [0, 0.05) is 24.1 Å². The topological polar surface area (TPSA) is 26.3 Å². The molecule has 4 aliphatic carbocycles. The molecule has 0 radical (unpaired) electrons. The molecule has 4 fully saturated rings. The summed E-state index contributed by atoms with van der Waals surface area (Å²) in [5, 5.41) is 0.296. The third-order valence-corrected chi connectivity index (χ3v) is 4.33. The van der Waals surface area contributed by atoms with E-state index in [4.69, 9.17) is 16.3 Å². The van der Waals surface area contributed by atoms with E-state index in [9.17, 15) is 4.79 Å². The van der Waals surface area contributed by atoms with Crippen molar-refractivity contribution in [2.45, 2.75) is 24.8 Å². The summed E-state index contributed by atoms with van der Waals surface area (Å²) in [5.41, 5.74) is 0. The van der Waals surface area contributed by atoms with E-state index in [1.165, 1.54) is 13.3 Å². The minimum Gasteiger partial charge on any atom is -0.462 e. The van der Waals surface area contributed by atoms with Gasteiger partial charge in [0.15, 0.2) is 0 Å². The van der Waals surface area contributed by atoms with Crippen molar-refractivity contribution in [2.24, 2.45) is 23.7 Å². The first-order chi connectivity index (χ1) is 5.70. The van der Waals surface area contributed by atoms with E-state index in [0.717, 1.165) is 5.92 Å². The van der Waals surface area contributed by atoms with Crippen LogP contribution in [0.4, 0.5) is 0 Å². The minimum atomic E-state index is -0.151. The quantitative estimate of drug-likeness (QED) is 0.458. The van der Waals surface area contributed by atoms with Gasteiger partial charge in [0.1, 0.15) is 6.10 Å². The molecule has 3 heteroatoms. The van der Waals surface area contributed by atoms with E-state index in [1.54, 1.807) is 0 Å². The number of esters is 1. The first-order valence-electron chi connectivity index (χ1n) is 4.51. The van der Waals surface area contributed by atoms with Gasteiger partial charge in [0.25, 0.3) is 0 Å². The Morgan fingerprint density at radius 3 is 2.50 bits per heavy atom. The Morgan fingerprint density at radius 2 is 2.17 bits per heavy atom. The Labute approximate surface area is 76.2 Å². The van der Waals surface area contributed by atoms with Crippen LogP contribution in [0.5, 0.6) is 0 Å². The first-order valence-corrected chi connectivity index (χ1v) is 4.95. The van der Waals surface area contributed by atoms with Crippen LogP contribution in [-0.2, 0) is 9.53 Å². The number of halogens is 1. The van der Waals surface area contributed by atoms with Crippen LogP contribution >= 0.6 is 11.6 Å². The van der Waals surface area contributed by atoms with Crippen molar-refractivity contribution in [3.63, 3.8) is 0 Å². The molecule has 0 amide bonds. The number of rotatable bonds is 1. The van der Waals surface area contributed by atoms with E-state index < -0.39 is 0 Å². The summed E-state index contributed by atoms with van der Waals surface area (Å²) in [6, 6.07) is 0. The predicted molar refractivity (Wildman–Crippen MR) is 43.8 cm³/mol. The lowest BCUT2D eigenvalue weighted by molar-refractivity contribution is -0.148. The van der Waals surface area contributed by atoms with Gasteiger partial charge in [-0.1, -0.05) is 0 Å². The average molecular weight is 187 g/mol. The van der Waals surface area contributed by atoms with E-state index in [1.807, 2.05) is 0 Å². The Bertz CT molecular complexity index is 253. The Hall–Kier alpha value is -0.240. The molecule has 4 rings (SSSR count).